The van der Waals surface area contributed by atoms with Crippen LogP contribution in [-0.4, -0.2) is 28.7 Å². The first-order chi connectivity index (χ1) is 13.4. The molecule has 6 nitrogen and oxygen atoms in total. The molecule has 1 unspecified atom stereocenters. The molecule has 1 aromatic heterocycles. The van der Waals surface area contributed by atoms with E-state index in [4.69, 9.17) is 4.74 Å². The van der Waals surface area contributed by atoms with Crippen molar-refractivity contribution in [3.63, 3.8) is 0 Å². The highest BCUT2D eigenvalue weighted by molar-refractivity contribution is 14.0. The minimum atomic E-state index is -2.63. The SMILES string of the molecule is CCNC(=NCc1nccn1C(F)F)NC(C)c1ccc(OCC(C)C)cc1.I. The average molecular weight is 521 g/mol. The Morgan fingerprint density at radius 2 is 1.90 bits per heavy atom. The van der Waals surface area contributed by atoms with Crippen LogP contribution in [0.1, 0.15) is 51.7 Å². The number of imidazole rings is 1. The number of guanidine groups is 1. The van der Waals surface area contributed by atoms with Gasteiger partial charge in [0.2, 0.25) is 0 Å². The highest BCUT2D eigenvalue weighted by Gasteiger charge is 2.12. The van der Waals surface area contributed by atoms with E-state index in [1.165, 1.54) is 12.4 Å². The Labute approximate surface area is 188 Å². The van der Waals surface area contributed by atoms with Gasteiger partial charge in [-0.2, -0.15) is 8.78 Å². The summed E-state index contributed by atoms with van der Waals surface area (Å²) in [7, 11) is 0. The number of rotatable bonds is 9. The molecule has 2 N–H and O–H groups in total. The van der Waals surface area contributed by atoms with Gasteiger partial charge in [-0.15, -0.1) is 24.0 Å². The summed E-state index contributed by atoms with van der Waals surface area (Å²) >= 11 is 0. The minimum Gasteiger partial charge on any atom is -0.493 e. The van der Waals surface area contributed by atoms with Crippen molar-refractivity contribution in [1.29, 1.82) is 0 Å². The highest BCUT2D eigenvalue weighted by atomic mass is 127. The van der Waals surface area contributed by atoms with Crippen LogP contribution >= 0.6 is 24.0 Å². The fourth-order valence-electron chi connectivity index (χ4n) is 2.52. The first-order valence-corrected chi connectivity index (χ1v) is 9.48. The maximum atomic E-state index is 12.9. The molecule has 0 spiro atoms. The van der Waals surface area contributed by atoms with Gasteiger partial charge in [0, 0.05) is 18.9 Å². The van der Waals surface area contributed by atoms with Crippen molar-refractivity contribution in [1.82, 2.24) is 20.2 Å². The lowest BCUT2D eigenvalue weighted by Gasteiger charge is -2.19. The molecule has 2 rings (SSSR count). The summed E-state index contributed by atoms with van der Waals surface area (Å²) in [6.45, 7) is 6.94. The normalized spacial score (nSPS) is 12.6. The highest BCUT2D eigenvalue weighted by Crippen LogP contribution is 2.18. The summed E-state index contributed by atoms with van der Waals surface area (Å²) in [4.78, 5) is 8.34. The van der Waals surface area contributed by atoms with E-state index in [1.54, 1.807) is 0 Å². The molecular weight excluding hydrogens is 491 g/mol. The molecule has 1 atom stereocenters. The molecule has 0 aliphatic heterocycles. The third-order valence-electron chi connectivity index (χ3n) is 4.00. The smallest absolute Gasteiger partial charge is 0.319 e. The molecule has 162 valence electrons. The van der Waals surface area contributed by atoms with Crippen LogP contribution in [0.3, 0.4) is 0 Å². The first kappa shape index (κ1) is 25.1. The summed E-state index contributed by atoms with van der Waals surface area (Å²) < 4.78 is 32.4. The fourth-order valence-corrected chi connectivity index (χ4v) is 2.52. The fraction of sp³-hybridized carbons (Fsp3) is 0.500. The Morgan fingerprint density at radius 1 is 1.21 bits per heavy atom. The zero-order chi connectivity index (χ0) is 20.5. The third kappa shape index (κ3) is 8.15. The predicted molar refractivity (Wildman–Crippen MR) is 122 cm³/mol. The van der Waals surface area contributed by atoms with E-state index in [9.17, 15) is 8.78 Å². The van der Waals surface area contributed by atoms with E-state index in [1.807, 2.05) is 38.1 Å². The molecule has 0 amide bonds. The summed E-state index contributed by atoms with van der Waals surface area (Å²) in [5, 5.41) is 6.42. The maximum absolute atomic E-state index is 12.9. The van der Waals surface area contributed by atoms with E-state index < -0.39 is 6.55 Å². The molecule has 0 saturated carbocycles. The van der Waals surface area contributed by atoms with Gasteiger partial charge in [-0.25, -0.2) is 9.98 Å². The number of nitrogens with one attached hydrogen (secondary N) is 2. The van der Waals surface area contributed by atoms with E-state index in [-0.39, 0.29) is 42.4 Å². The summed E-state index contributed by atoms with van der Waals surface area (Å²) in [6, 6.07) is 7.87. The zero-order valence-corrected chi connectivity index (χ0v) is 19.6. The number of halogens is 3. The lowest BCUT2D eigenvalue weighted by Crippen LogP contribution is -2.38. The first-order valence-electron chi connectivity index (χ1n) is 9.48. The van der Waals surface area contributed by atoms with Crippen molar-refractivity contribution in [2.24, 2.45) is 10.9 Å². The molecule has 1 aromatic carbocycles. The quantitative estimate of drug-likeness (QED) is 0.284. The second kappa shape index (κ2) is 12.6. The van der Waals surface area contributed by atoms with Gasteiger partial charge in [0.1, 0.15) is 18.1 Å². The van der Waals surface area contributed by atoms with Gasteiger partial charge in [0.05, 0.1) is 12.6 Å². The molecular formula is C20H30F2IN5O. The molecule has 1 heterocycles. The van der Waals surface area contributed by atoms with Gasteiger partial charge in [0.25, 0.3) is 0 Å². The number of nitrogens with zero attached hydrogens (tertiary/aromatic N) is 3. The largest absolute Gasteiger partial charge is 0.493 e. The Kier molecular flexibility index (Phi) is 10.9. The van der Waals surface area contributed by atoms with Crippen LogP contribution in [0.2, 0.25) is 0 Å². The lowest BCUT2D eigenvalue weighted by molar-refractivity contribution is 0.0671. The number of aromatic nitrogens is 2. The van der Waals surface area contributed by atoms with E-state index >= 15 is 0 Å². The average Bonchev–Trinajstić information content (AvgIpc) is 3.14. The van der Waals surface area contributed by atoms with Crippen LogP contribution in [0.4, 0.5) is 8.78 Å². The number of aliphatic imine (C=N–C) groups is 1. The molecule has 2 aromatic rings. The Balaban J connectivity index is 0.00000420. The van der Waals surface area contributed by atoms with Crippen molar-refractivity contribution in [3.8, 4) is 5.75 Å². The van der Waals surface area contributed by atoms with Crippen LogP contribution in [0.5, 0.6) is 5.75 Å². The summed E-state index contributed by atoms with van der Waals surface area (Å²) in [5.41, 5.74) is 1.07. The van der Waals surface area contributed by atoms with E-state index in [0.29, 0.717) is 25.0 Å². The topological polar surface area (TPSA) is 63.5 Å². The standard InChI is InChI=1S/C20H29F2N5O.HI/c1-5-23-20(25-12-18-24-10-11-27(18)19(21)22)26-15(4)16-6-8-17(9-7-16)28-13-14(2)3;/h6-11,14-15,19H,5,12-13H2,1-4H3,(H2,23,25,26);1H. The van der Waals surface area contributed by atoms with Crippen molar-refractivity contribution in [2.75, 3.05) is 13.2 Å². The van der Waals surface area contributed by atoms with Crippen LogP contribution < -0.4 is 15.4 Å². The number of alkyl halides is 2. The van der Waals surface area contributed by atoms with E-state index in [0.717, 1.165) is 15.9 Å². The maximum Gasteiger partial charge on any atom is 0.319 e. The van der Waals surface area contributed by atoms with Crippen LogP contribution in [-0.2, 0) is 6.54 Å². The van der Waals surface area contributed by atoms with Gasteiger partial charge in [-0.1, -0.05) is 26.0 Å². The van der Waals surface area contributed by atoms with Crippen LogP contribution in [0, 0.1) is 5.92 Å². The van der Waals surface area contributed by atoms with Crippen molar-refractivity contribution >= 4 is 29.9 Å². The number of benzene rings is 1. The Bertz CT molecular complexity index is 750. The summed E-state index contributed by atoms with van der Waals surface area (Å²) in [5.74, 6) is 2.06. The number of ether oxygens (including phenoxy) is 1. The summed E-state index contributed by atoms with van der Waals surface area (Å²) in [6.07, 6.45) is 2.60. The molecule has 0 aliphatic carbocycles. The van der Waals surface area contributed by atoms with Gasteiger partial charge >= 0.3 is 6.55 Å². The van der Waals surface area contributed by atoms with Crippen molar-refractivity contribution < 1.29 is 13.5 Å². The van der Waals surface area contributed by atoms with Gasteiger partial charge in [-0.3, -0.25) is 4.57 Å². The van der Waals surface area contributed by atoms with Crippen LogP contribution in [0.15, 0.2) is 41.7 Å². The second-order valence-electron chi connectivity index (χ2n) is 6.86. The van der Waals surface area contributed by atoms with Crippen molar-refractivity contribution in [2.45, 2.75) is 46.8 Å². The van der Waals surface area contributed by atoms with Gasteiger partial charge in [0.15, 0.2) is 5.96 Å². The molecule has 0 aliphatic rings. The zero-order valence-electron chi connectivity index (χ0n) is 17.2. The van der Waals surface area contributed by atoms with Crippen molar-refractivity contribution in [3.05, 3.63) is 48.0 Å². The Morgan fingerprint density at radius 3 is 2.48 bits per heavy atom. The van der Waals surface area contributed by atoms with Crippen LogP contribution in [0.25, 0.3) is 0 Å². The van der Waals surface area contributed by atoms with Gasteiger partial charge < -0.3 is 15.4 Å². The van der Waals surface area contributed by atoms with E-state index in [2.05, 4.69) is 34.5 Å². The minimum absolute atomic E-state index is 0. The molecule has 0 saturated heterocycles. The molecule has 29 heavy (non-hydrogen) atoms. The Hall–Kier alpha value is -1.91. The number of hydrogen-bond donors (Lipinski definition) is 2. The molecule has 0 bridgehead atoms. The molecule has 0 radical (unpaired) electrons. The molecule has 0 fully saturated rings. The third-order valence-corrected chi connectivity index (χ3v) is 4.00. The molecule has 9 heteroatoms. The predicted octanol–water partition coefficient (Wildman–Crippen LogP) is 4.75. The monoisotopic (exact) mass is 521 g/mol. The van der Waals surface area contributed by atoms with Gasteiger partial charge in [-0.05, 0) is 37.5 Å². The second-order valence-corrected chi connectivity index (χ2v) is 6.86. The lowest BCUT2D eigenvalue weighted by atomic mass is 10.1. The number of hydrogen-bond acceptors (Lipinski definition) is 3.